The van der Waals surface area contributed by atoms with E-state index in [2.05, 4.69) is 23.5 Å². The number of hydrogen-bond donors (Lipinski definition) is 1. The predicted molar refractivity (Wildman–Crippen MR) is 79.9 cm³/mol. The van der Waals surface area contributed by atoms with Crippen molar-refractivity contribution < 1.29 is 9.21 Å². The zero-order chi connectivity index (χ0) is 14.2. The number of rotatable bonds is 4. The van der Waals surface area contributed by atoms with Gasteiger partial charge in [0, 0.05) is 18.4 Å². The summed E-state index contributed by atoms with van der Waals surface area (Å²) in [7, 11) is 0. The fraction of sp³-hybridized carbons (Fsp3) is 0.389. The zero-order valence-electron chi connectivity index (χ0n) is 12.0. The Morgan fingerprint density at radius 2 is 2.14 bits per heavy atom. The summed E-state index contributed by atoms with van der Waals surface area (Å²) < 4.78 is 5.37. The van der Waals surface area contributed by atoms with E-state index in [0.29, 0.717) is 6.54 Å². The van der Waals surface area contributed by atoms with Gasteiger partial charge in [-0.15, -0.1) is 0 Å². The molecule has 2 atom stereocenters. The van der Waals surface area contributed by atoms with Crippen molar-refractivity contribution in [2.24, 2.45) is 5.92 Å². The summed E-state index contributed by atoms with van der Waals surface area (Å²) in [4.78, 5) is 12.2. The molecule has 1 saturated carbocycles. The normalized spacial score (nSPS) is 22.9. The number of hydrogen-bond acceptors (Lipinski definition) is 2. The van der Waals surface area contributed by atoms with Crippen LogP contribution in [0, 0.1) is 5.92 Å². The second-order valence-corrected chi connectivity index (χ2v) is 6.14. The monoisotopic (exact) mass is 281 g/mol. The van der Waals surface area contributed by atoms with Gasteiger partial charge >= 0.3 is 0 Å². The number of benzene rings is 1. The molecule has 0 spiro atoms. The molecule has 0 aliphatic heterocycles. The van der Waals surface area contributed by atoms with Gasteiger partial charge in [-0.1, -0.05) is 18.2 Å². The van der Waals surface area contributed by atoms with Crippen LogP contribution in [0.15, 0.2) is 41.0 Å². The van der Waals surface area contributed by atoms with Gasteiger partial charge < -0.3 is 9.73 Å². The molecular weight excluding hydrogens is 262 g/mol. The molecule has 1 heterocycles. The highest BCUT2D eigenvalue weighted by molar-refractivity contribution is 5.82. The third-order valence-electron chi connectivity index (χ3n) is 4.67. The Balaban J connectivity index is 1.34. The van der Waals surface area contributed by atoms with Gasteiger partial charge in [0.15, 0.2) is 0 Å². The van der Waals surface area contributed by atoms with Crippen molar-refractivity contribution in [3.05, 3.63) is 59.0 Å². The largest absolute Gasteiger partial charge is 0.469 e. The molecule has 2 unspecified atom stereocenters. The fourth-order valence-corrected chi connectivity index (χ4v) is 3.36. The van der Waals surface area contributed by atoms with E-state index in [1.807, 2.05) is 12.1 Å². The lowest BCUT2D eigenvalue weighted by molar-refractivity contribution is -0.122. The maximum absolute atomic E-state index is 12.2. The summed E-state index contributed by atoms with van der Waals surface area (Å²) in [5, 5.41) is 3.06. The standard InChI is InChI=1S/C18H19NO2/c20-18(16-10-15(16)17-5-2-8-21-17)19-11-12-6-7-13-3-1-4-14(13)9-12/h2,5-9,15-16H,1,3-4,10-11H2,(H,19,20). The van der Waals surface area contributed by atoms with Crippen LogP contribution in [0.1, 0.15) is 41.2 Å². The maximum atomic E-state index is 12.2. The topological polar surface area (TPSA) is 42.2 Å². The minimum absolute atomic E-state index is 0.0885. The molecule has 3 nitrogen and oxygen atoms in total. The van der Waals surface area contributed by atoms with E-state index in [-0.39, 0.29) is 17.7 Å². The van der Waals surface area contributed by atoms with Crippen LogP contribution in [-0.4, -0.2) is 5.91 Å². The van der Waals surface area contributed by atoms with Crippen LogP contribution in [0.5, 0.6) is 0 Å². The van der Waals surface area contributed by atoms with Crippen LogP contribution >= 0.6 is 0 Å². The van der Waals surface area contributed by atoms with Crippen molar-refractivity contribution in [3.8, 4) is 0 Å². The van der Waals surface area contributed by atoms with Crippen LogP contribution in [0.25, 0.3) is 0 Å². The predicted octanol–water partition coefficient (Wildman–Crippen LogP) is 3.19. The van der Waals surface area contributed by atoms with E-state index in [1.54, 1.807) is 6.26 Å². The lowest BCUT2D eigenvalue weighted by atomic mass is 10.1. The van der Waals surface area contributed by atoms with Crippen molar-refractivity contribution in [2.45, 2.75) is 38.1 Å². The lowest BCUT2D eigenvalue weighted by Crippen LogP contribution is -2.24. The Morgan fingerprint density at radius 1 is 1.24 bits per heavy atom. The quantitative estimate of drug-likeness (QED) is 0.935. The van der Waals surface area contributed by atoms with Gasteiger partial charge in [0.05, 0.1) is 6.26 Å². The molecule has 4 rings (SSSR count). The third-order valence-corrected chi connectivity index (χ3v) is 4.67. The second-order valence-electron chi connectivity index (χ2n) is 6.14. The van der Waals surface area contributed by atoms with Crippen LogP contribution in [-0.2, 0) is 24.2 Å². The molecule has 0 radical (unpaired) electrons. The molecule has 3 heteroatoms. The van der Waals surface area contributed by atoms with Crippen molar-refractivity contribution >= 4 is 5.91 Å². The van der Waals surface area contributed by atoms with Gasteiger partial charge in [0.1, 0.15) is 5.76 Å². The summed E-state index contributed by atoms with van der Waals surface area (Å²) in [5.41, 5.74) is 4.14. The Kier molecular flexibility index (Phi) is 3.06. The van der Waals surface area contributed by atoms with Gasteiger partial charge in [0.25, 0.3) is 0 Å². The summed E-state index contributed by atoms with van der Waals surface area (Å²) in [5.74, 6) is 1.45. The molecule has 1 fully saturated rings. The number of amides is 1. The first-order chi connectivity index (χ1) is 10.3. The molecule has 108 valence electrons. The van der Waals surface area contributed by atoms with E-state index in [9.17, 15) is 4.79 Å². The molecule has 2 aromatic rings. The zero-order valence-corrected chi connectivity index (χ0v) is 12.0. The highest BCUT2D eigenvalue weighted by Crippen LogP contribution is 2.47. The molecule has 2 aliphatic rings. The Labute approximate surface area is 124 Å². The molecular formula is C18H19NO2. The molecule has 1 N–H and O–H groups in total. The minimum atomic E-state index is 0.0885. The smallest absolute Gasteiger partial charge is 0.224 e. The fourth-order valence-electron chi connectivity index (χ4n) is 3.36. The van der Waals surface area contributed by atoms with E-state index in [4.69, 9.17) is 4.42 Å². The molecule has 2 aliphatic carbocycles. The maximum Gasteiger partial charge on any atom is 0.224 e. The van der Waals surface area contributed by atoms with Crippen molar-refractivity contribution in [2.75, 3.05) is 0 Å². The Morgan fingerprint density at radius 3 is 3.00 bits per heavy atom. The highest BCUT2D eigenvalue weighted by Gasteiger charge is 2.45. The van der Waals surface area contributed by atoms with Gasteiger partial charge in [0.2, 0.25) is 5.91 Å². The summed E-state index contributed by atoms with van der Waals surface area (Å²) in [6.07, 6.45) is 6.23. The number of furan rings is 1. The first-order valence-corrected chi connectivity index (χ1v) is 7.73. The van der Waals surface area contributed by atoms with Crippen molar-refractivity contribution in [1.29, 1.82) is 0 Å². The van der Waals surface area contributed by atoms with Gasteiger partial charge in [-0.25, -0.2) is 0 Å². The van der Waals surface area contributed by atoms with Crippen LogP contribution < -0.4 is 5.32 Å². The number of fused-ring (bicyclic) bond motifs is 1. The Bertz CT molecular complexity index is 660. The molecule has 0 saturated heterocycles. The number of carbonyl (C=O) groups excluding carboxylic acids is 1. The van der Waals surface area contributed by atoms with E-state index >= 15 is 0 Å². The Hall–Kier alpha value is -2.03. The van der Waals surface area contributed by atoms with Gasteiger partial charge in [-0.3, -0.25) is 4.79 Å². The average Bonchev–Trinajstić information content (AvgIpc) is 2.92. The molecule has 0 bridgehead atoms. The average molecular weight is 281 g/mol. The second kappa shape index (κ2) is 5.06. The first-order valence-electron chi connectivity index (χ1n) is 7.73. The molecule has 1 amide bonds. The van der Waals surface area contributed by atoms with Crippen molar-refractivity contribution in [1.82, 2.24) is 5.32 Å². The molecule has 1 aromatic heterocycles. The van der Waals surface area contributed by atoms with Crippen LogP contribution in [0.3, 0.4) is 0 Å². The SMILES string of the molecule is O=C(NCc1ccc2c(c1)CCC2)C1CC1c1ccco1. The first kappa shape index (κ1) is 12.7. The summed E-state index contributed by atoms with van der Waals surface area (Å²) in [6.45, 7) is 0.632. The number of aryl methyl sites for hydroxylation is 2. The van der Waals surface area contributed by atoms with Crippen LogP contribution in [0.2, 0.25) is 0 Å². The minimum Gasteiger partial charge on any atom is -0.469 e. The number of carbonyl (C=O) groups is 1. The summed E-state index contributed by atoms with van der Waals surface area (Å²) >= 11 is 0. The van der Waals surface area contributed by atoms with Crippen LogP contribution in [0.4, 0.5) is 0 Å². The van der Waals surface area contributed by atoms with E-state index in [1.165, 1.54) is 36.0 Å². The van der Waals surface area contributed by atoms with Gasteiger partial charge in [-0.05, 0) is 54.5 Å². The van der Waals surface area contributed by atoms with Crippen molar-refractivity contribution in [3.63, 3.8) is 0 Å². The highest BCUT2D eigenvalue weighted by atomic mass is 16.3. The third kappa shape index (κ3) is 2.48. The number of nitrogens with one attached hydrogen (secondary N) is 1. The van der Waals surface area contributed by atoms with E-state index in [0.717, 1.165) is 12.2 Å². The van der Waals surface area contributed by atoms with E-state index < -0.39 is 0 Å². The lowest BCUT2D eigenvalue weighted by Gasteiger charge is -2.07. The molecule has 21 heavy (non-hydrogen) atoms. The molecule has 1 aromatic carbocycles. The summed E-state index contributed by atoms with van der Waals surface area (Å²) in [6, 6.07) is 10.4. The van der Waals surface area contributed by atoms with Gasteiger partial charge in [-0.2, -0.15) is 0 Å².